The Hall–Kier alpha value is -2.19. The fourth-order valence-electron chi connectivity index (χ4n) is 2.87. The molecule has 0 spiro atoms. The topological polar surface area (TPSA) is 95.2 Å². The van der Waals surface area contributed by atoms with Gasteiger partial charge in [0.05, 0.1) is 4.90 Å². The number of carbonyl (C=O) groups excluding carboxylic acids is 1. The maximum Gasteiger partial charge on any atom is 0.244 e. The number of hydrogen-bond acceptors (Lipinski definition) is 4. The molecule has 1 unspecified atom stereocenters. The number of nitrogens with one attached hydrogen (secondary N) is 2. The number of aromatic nitrogens is 2. The Bertz CT molecular complexity index is 817. The van der Waals surface area contributed by atoms with E-state index in [9.17, 15) is 13.2 Å². The lowest BCUT2D eigenvalue weighted by Gasteiger charge is -2.33. The molecule has 8 heteroatoms. The summed E-state index contributed by atoms with van der Waals surface area (Å²) in [6.45, 7) is 2.17. The molecule has 2 N–H and O–H groups in total. The second-order valence-electron chi connectivity index (χ2n) is 5.87. The largest absolute Gasteiger partial charge is 0.308 e. The first kappa shape index (κ1) is 16.7. The molecule has 0 bridgehead atoms. The molecule has 1 atom stereocenters. The molecule has 24 heavy (non-hydrogen) atoms. The molecule has 0 saturated carbocycles. The Morgan fingerprint density at radius 2 is 2.04 bits per heavy atom. The summed E-state index contributed by atoms with van der Waals surface area (Å²) >= 11 is 0. The molecule has 2 aromatic rings. The van der Waals surface area contributed by atoms with E-state index < -0.39 is 16.1 Å². The number of nitrogens with zero attached hydrogens (tertiary/aromatic N) is 2. The van der Waals surface area contributed by atoms with Crippen molar-refractivity contribution in [3.05, 3.63) is 42.1 Å². The van der Waals surface area contributed by atoms with Crippen LogP contribution >= 0.6 is 0 Å². The molecular formula is C16H20N4O3S. The standard InChI is InChI=1S/C16H20N4O3S/c1-12-11-15(19-18-12)17-16(21)14-9-5-6-10-20(14)24(22,23)13-7-3-2-4-8-13/h2-4,7-8,11,14H,5-6,9-10H2,1H3,(H2,17,18,19,21). The van der Waals surface area contributed by atoms with E-state index in [-0.39, 0.29) is 10.8 Å². The van der Waals surface area contributed by atoms with Crippen molar-refractivity contribution < 1.29 is 13.2 Å². The molecule has 0 radical (unpaired) electrons. The normalized spacial score (nSPS) is 19.1. The van der Waals surface area contributed by atoms with Gasteiger partial charge in [0.15, 0.2) is 5.82 Å². The molecule has 1 aromatic carbocycles. The van der Waals surface area contributed by atoms with E-state index in [2.05, 4.69) is 15.5 Å². The van der Waals surface area contributed by atoms with Crippen LogP contribution in [-0.2, 0) is 14.8 Å². The fraction of sp³-hybridized carbons (Fsp3) is 0.375. The van der Waals surface area contributed by atoms with E-state index in [1.54, 1.807) is 36.4 Å². The first-order valence-electron chi connectivity index (χ1n) is 7.88. The van der Waals surface area contributed by atoms with Gasteiger partial charge in [0.25, 0.3) is 0 Å². The predicted octanol–water partition coefficient (Wildman–Crippen LogP) is 1.90. The molecule has 3 rings (SSSR count). The van der Waals surface area contributed by atoms with Crippen molar-refractivity contribution in [2.75, 3.05) is 11.9 Å². The summed E-state index contributed by atoms with van der Waals surface area (Å²) in [6.07, 6.45) is 2.07. The zero-order valence-corrected chi connectivity index (χ0v) is 14.2. The molecule has 1 aromatic heterocycles. The van der Waals surface area contributed by atoms with E-state index in [4.69, 9.17) is 0 Å². The van der Waals surface area contributed by atoms with Crippen molar-refractivity contribution in [3.63, 3.8) is 0 Å². The molecule has 128 valence electrons. The zero-order valence-electron chi connectivity index (χ0n) is 13.4. The average Bonchev–Trinajstić information content (AvgIpc) is 3.00. The Kier molecular flexibility index (Phi) is 4.68. The van der Waals surface area contributed by atoms with E-state index in [0.29, 0.717) is 18.8 Å². The van der Waals surface area contributed by atoms with Crippen molar-refractivity contribution >= 4 is 21.7 Å². The number of sulfonamides is 1. The van der Waals surface area contributed by atoms with Gasteiger partial charge in [0, 0.05) is 18.3 Å². The Labute approximate surface area is 141 Å². The highest BCUT2D eigenvalue weighted by Gasteiger charge is 2.37. The van der Waals surface area contributed by atoms with Crippen molar-refractivity contribution in [1.29, 1.82) is 0 Å². The molecule has 1 fully saturated rings. The van der Waals surface area contributed by atoms with Crippen LogP contribution in [0.2, 0.25) is 0 Å². The van der Waals surface area contributed by atoms with Crippen LogP contribution in [0.4, 0.5) is 5.82 Å². The number of amides is 1. The van der Waals surface area contributed by atoms with Crippen molar-refractivity contribution in [2.45, 2.75) is 37.1 Å². The van der Waals surface area contributed by atoms with Crippen LogP contribution in [0.3, 0.4) is 0 Å². The van der Waals surface area contributed by atoms with Crippen LogP contribution in [0.25, 0.3) is 0 Å². The number of rotatable bonds is 4. The molecule has 0 aliphatic carbocycles. The number of hydrogen-bond donors (Lipinski definition) is 2. The second kappa shape index (κ2) is 6.74. The van der Waals surface area contributed by atoms with Crippen molar-refractivity contribution in [1.82, 2.24) is 14.5 Å². The van der Waals surface area contributed by atoms with Crippen molar-refractivity contribution in [3.8, 4) is 0 Å². The maximum atomic E-state index is 12.9. The smallest absolute Gasteiger partial charge is 0.244 e. The van der Waals surface area contributed by atoms with Gasteiger partial charge in [0.2, 0.25) is 15.9 Å². The zero-order chi connectivity index (χ0) is 17.2. The highest BCUT2D eigenvalue weighted by Crippen LogP contribution is 2.26. The minimum Gasteiger partial charge on any atom is -0.308 e. The lowest BCUT2D eigenvalue weighted by atomic mass is 10.0. The van der Waals surface area contributed by atoms with Gasteiger partial charge in [-0.15, -0.1) is 0 Å². The average molecular weight is 348 g/mol. The third-order valence-electron chi connectivity index (χ3n) is 4.06. The highest BCUT2D eigenvalue weighted by molar-refractivity contribution is 7.89. The molecular weight excluding hydrogens is 328 g/mol. The summed E-state index contributed by atoms with van der Waals surface area (Å²) < 4.78 is 27.1. The maximum absolute atomic E-state index is 12.9. The Balaban J connectivity index is 1.84. The molecule has 1 aliphatic rings. The summed E-state index contributed by atoms with van der Waals surface area (Å²) in [6, 6.07) is 9.21. The van der Waals surface area contributed by atoms with Gasteiger partial charge in [-0.05, 0) is 31.9 Å². The summed E-state index contributed by atoms with van der Waals surface area (Å²) in [5.41, 5.74) is 0.822. The van der Waals surface area contributed by atoms with Crippen LogP contribution in [0.5, 0.6) is 0 Å². The fourth-order valence-corrected chi connectivity index (χ4v) is 4.55. The SMILES string of the molecule is Cc1cc(NC(=O)C2CCCCN2S(=O)(=O)c2ccccc2)n[nH]1. The minimum atomic E-state index is -3.70. The van der Waals surface area contributed by atoms with Crippen LogP contribution in [0.1, 0.15) is 25.0 Å². The van der Waals surface area contributed by atoms with E-state index >= 15 is 0 Å². The first-order chi connectivity index (χ1) is 11.5. The van der Waals surface area contributed by atoms with Crippen LogP contribution in [0.15, 0.2) is 41.3 Å². The number of carbonyl (C=O) groups is 1. The first-order valence-corrected chi connectivity index (χ1v) is 9.32. The monoisotopic (exact) mass is 348 g/mol. The van der Waals surface area contributed by atoms with Crippen LogP contribution in [0, 0.1) is 6.92 Å². The number of anilines is 1. The van der Waals surface area contributed by atoms with Gasteiger partial charge < -0.3 is 5.32 Å². The van der Waals surface area contributed by atoms with Crippen LogP contribution in [-0.4, -0.2) is 41.4 Å². The second-order valence-corrected chi connectivity index (χ2v) is 7.76. The molecule has 1 amide bonds. The molecule has 7 nitrogen and oxygen atoms in total. The quantitative estimate of drug-likeness (QED) is 0.882. The summed E-state index contributed by atoms with van der Waals surface area (Å²) in [5, 5.41) is 9.42. The summed E-state index contributed by atoms with van der Waals surface area (Å²) in [5.74, 6) is 0.0563. The third kappa shape index (κ3) is 3.34. The van der Waals surface area contributed by atoms with E-state index in [0.717, 1.165) is 18.5 Å². The summed E-state index contributed by atoms with van der Waals surface area (Å²) in [7, 11) is -3.70. The number of benzene rings is 1. The number of aromatic amines is 1. The van der Waals surface area contributed by atoms with E-state index in [1.165, 1.54) is 4.31 Å². The minimum absolute atomic E-state index is 0.209. The van der Waals surface area contributed by atoms with Gasteiger partial charge >= 0.3 is 0 Å². The van der Waals surface area contributed by atoms with Gasteiger partial charge in [0.1, 0.15) is 6.04 Å². The lowest BCUT2D eigenvalue weighted by Crippen LogP contribution is -2.49. The summed E-state index contributed by atoms with van der Waals surface area (Å²) in [4.78, 5) is 12.8. The number of H-pyrrole nitrogens is 1. The van der Waals surface area contributed by atoms with Gasteiger partial charge in [-0.1, -0.05) is 24.6 Å². The molecule has 2 heterocycles. The van der Waals surface area contributed by atoms with Gasteiger partial charge in [-0.3, -0.25) is 9.89 Å². The van der Waals surface area contributed by atoms with Crippen LogP contribution < -0.4 is 5.32 Å². The number of piperidine rings is 1. The predicted molar refractivity (Wildman–Crippen MR) is 89.9 cm³/mol. The van der Waals surface area contributed by atoms with E-state index in [1.807, 2.05) is 6.92 Å². The highest BCUT2D eigenvalue weighted by atomic mass is 32.2. The third-order valence-corrected chi connectivity index (χ3v) is 5.99. The van der Waals surface area contributed by atoms with Crippen molar-refractivity contribution in [2.24, 2.45) is 0 Å². The lowest BCUT2D eigenvalue weighted by molar-refractivity contribution is -0.120. The Morgan fingerprint density at radius 1 is 1.29 bits per heavy atom. The van der Waals surface area contributed by atoms with Gasteiger partial charge in [-0.2, -0.15) is 9.40 Å². The molecule has 1 aliphatic heterocycles. The molecule has 1 saturated heterocycles. The van der Waals surface area contributed by atoms with Gasteiger partial charge in [-0.25, -0.2) is 8.42 Å². The number of aryl methyl sites for hydroxylation is 1. The Morgan fingerprint density at radius 3 is 2.71 bits per heavy atom.